The second-order valence-electron chi connectivity index (χ2n) is 6.68. The molecule has 0 bridgehead atoms. The van der Waals surface area contributed by atoms with Gasteiger partial charge in [0.2, 0.25) is 0 Å². The van der Waals surface area contributed by atoms with Crippen LogP contribution in [0.15, 0.2) is 46.5 Å². The minimum Gasteiger partial charge on any atom is -0.459 e. The van der Waals surface area contributed by atoms with Crippen LogP contribution >= 0.6 is 11.3 Å². The summed E-state index contributed by atoms with van der Waals surface area (Å²) < 4.78 is 11.4. The van der Waals surface area contributed by atoms with Gasteiger partial charge in [0.25, 0.3) is 11.8 Å². The van der Waals surface area contributed by atoms with Gasteiger partial charge in [-0.2, -0.15) is 0 Å². The van der Waals surface area contributed by atoms with Crippen LogP contribution in [-0.2, 0) is 9.53 Å². The molecule has 2 amide bonds. The van der Waals surface area contributed by atoms with Crippen molar-refractivity contribution in [3.63, 3.8) is 0 Å². The summed E-state index contributed by atoms with van der Waals surface area (Å²) in [7, 11) is 0. The van der Waals surface area contributed by atoms with E-state index in [-0.39, 0.29) is 17.6 Å². The third-order valence-electron chi connectivity index (χ3n) is 4.81. The van der Waals surface area contributed by atoms with Crippen LogP contribution < -0.4 is 0 Å². The van der Waals surface area contributed by atoms with Crippen LogP contribution in [0.3, 0.4) is 0 Å². The van der Waals surface area contributed by atoms with Gasteiger partial charge in [-0.05, 0) is 37.3 Å². The first kappa shape index (κ1) is 19.1. The summed E-state index contributed by atoms with van der Waals surface area (Å²) in [5.41, 5.74) is 2.91. The zero-order valence-electron chi connectivity index (χ0n) is 15.7. The van der Waals surface area contributed by atoms with Gasteiger partial charge in [-0.15, -0.1) is 11.3 Å². The monoisotopic (exact) mass is 413 g/mol. The molecular weight excluding hydrogens is 394 g/mol. The highest BCUT2D eigenvalue weighted by Gasteiger charge is 2.30. The molecule has 1 fully saturated rings. The topological polar surface area (TPSA) is 93.0 Å². The number of hydrogen-bond donors (Lipinski definition) is 0. The average Bonchev–Trinajstić information content (AvgIpc) is 3.44. The lowest BCUT2D eigenvalue weighted by atomic mass is 10.2. The molecule has 0 N–H and O–H groups in total. The van der Waals surface area contributed by atoms with E-state index in [1.165, 1.54) is 17.6 Å². The standard InChI is InChI=1S/C20H19N3O5S/c1-13(28-20(26)14-4-5-15-17(11-14)29-12-21-15)18(24)22-6-8-23(9-7-22)19(25)16-3-2-10-27-16/h2-5,10-13H,6-9H2,1H3. The summed E-state index contributed by atoms with van der Waals surface area (Å²) in [5.74, 6) is -0.736. The van der Waals surface area contributed by atoms with E-state index in [0.717, 1.165) is 10.2 Å². The number of benzene rings is 1. The largest absolute Gasteiger partial charge is 0.459 e. The Balaban J connectivity index is 1.32. The number of aromatic nitrogens is 1. The van der Waals surface area contributed by atoms with Gasteiger partial charge in [0.15, 0.2) is 11.9 Å². The molecule has 1 atom stereocenters. The third-order valence-corrected chi connectivity index (χ3v) is 5.60. The molecule has 8 nitrogen and oxygen atoms in total. The van der Waals surface area contributed by atoms with Crippen LogP contribution in [0.1, 0.15) is 27.8 Å². The van der Waals surface area contributed by atoms with Crippen molar-refractivity contribution in [2.24, 2.45) is 0 Å². The Morgan fingerprint density at radius 2 is 1.90 bits per heavy atom. The molecule has 3 aromatic rings. The van der Waals surface area contributed by atoms with Gasteiger partial charge in [0.1, 0.15) is 0 Å². The highest BCUT2D eigenvalue weighted by Crippen LogP contribution is 2.20. The average molecular weight is 413 g/mol. The fourth-order valence-electron chi connectivity index (χ4n) is 3.20. The van der Waals surface area contributed by atoms with Gasteiger partial charge in [0.05, 0.1) is 27.6 Å². The summed E-state index contributed by atoms with van der Waals surface area (Å²) in [5, 5.41) is 0. The van der Waals surface area contributed by atoms with Crippen molar-refractivity contribution in [2.45, 2.75) is 13.0 Å². The molecule has 1 aliphatic heterocycles. The van der Waals surface area contributed by atoms with E-state index in [0.29, 0.717) is 31.7 Å². The zero-order chi connectivity index (χ0) is 20.4. The number of thiazole rings is 1. The number of piperazine rings is 1. The predicted octanol–water partition coefficient (Wildman–Crippen LogP) is 2.42. The molecule has 4 rings (SSSR count). The fourth-order valence-corrected chi connectivity index (χ4v) is 3.92. The SMILES string of the molecule is CC(OC(=O)c1ccc2ncsc2c1)C(=O)N1CCN(C(=O)c2ccco2)CC1. The van der Waals surface area contributed by atoms with E-state index >= 15 is 0 Å². The van der Waals surface area contributed by atoms with Crippen molar-refractivity contribution in [3.05, 3.63) is 53.4 Å². The number of fused-ring (bicyclic) bond motifs is 1. The second-order valence-corrected chi connectivity index (χ2v) is 7.56. The molecule has 150 valence electrons. The zero-order valence-corrected chi connectivity index (χ0v) is 16.6. The van der Waals surface area contributed by atoms with Crippen molar-refractivity contribution in [1.82, 2.24) is 14.8 Å². The molecule has 29 heavy (non-hydrogen) atoms. The summed E-state index contributed by atoms with van der Waals surface area (Å²) in [4.78, 5) is 44.8. The van der Waals surface area contributed by atoms with Gasteiger partial charge in [-0.3, -0.25) is 9.59 Å². The smallest absolute Gasteiger partial charge is 0.338 e. The summed E-state index contributed by atoms with van der Waals surface area (Å²) in [6, 6.07) is 8.39. The van der Waals surface area contributed by atoms with E-state index < -0.39 is 12.1 Å². The Labute approximate surface area is 170 Å². The molecule has 1 unspecified atom stereocenters. The lowest BCUT2D eigenvalue weighted by Gasteiger charge is -2.35. The van der Waals surface area contributed by atoms with E-state index in [4.69, 9.17) is 9.15 Å². The van der Waals surface area contributed by atoms with Gasteiger partial charge in [0, 0.05) is 26.2 Å². The van der Waals surface area contributed by atoms with Crippen LogP contribution in [-0.4, -0.2) is 64.9 Å². The molecular formula is C20H19N3O5S. The Hall–Kier alpha value is -3.20. The molecule has 9 heteroatoms. The summed E-state index contributed by atoms with van der Waals surface area (Å²) in [6.07, 6.45) is 0.544. The van der Waals surface area contributed by atoms with Gasteiger partial charge in [-0.25, -0.2) is 9.78 Å². The van der Waals surface area contributed by atoms with Crippen LogP contribution in [0.25, 0.3) is 10.2 Å². The molecule has 2 aromatic heterocycles. The quantitative estimate of drug-likeness (QED) is 0.610. The first-order chi connectivity index (χ1) is 14.0. The lowest BCUT2D eigenvalue weighted by molar-refractivity contribution is -0.141. The molecule has 0 spiro atoms. The number of carbonyl (C=O) groups is 3. The number of ether oxygens (including phenoxy) is 1. The maximum absolute atomic E-state index is 12.7. The summed E-state index contributed by atoms with van der Waals surface area (Å²) in [6.45, 7) is 3.10. The van der Waals surface area contributed by atoms with Crippen LogP contribution in [0.2, 0.25) is 0 Å². The molecule has 0 saturated carbocycles. The fraction of sp³-hybridized carbons (Fsp3) is 0.300. The molecule has 1 aromatic carbocycles. The Morgan fingerprint density at radius 3 is 2.62 bits per heavy atom. The molecule has 0 aliphatic carbocycles. The molecule has 1 saturated heterocycles. The highest BCUT2D eigenvalue weighted by molar-refractivity contribution is 7.16. The van der Waals surface area contributed by atoms with Crippen molar-refractivity contribution in [1.29, 1.82) is 0 Å². The van der Waals surface area contributed by atoms with Crippen molar-refractivity contribution in [2.75, 3.05) is 26.2 Å². The van der Waals surface area contributed by atoms with Crippen molar-refractivity contribution < 1.29 is 23.5 Å². The lowest BCUT2D eigenvalue weighted by Crippen LogP contribution is -2.53. The van der Waals surface area contributed by atoms with E-state index in [1.54, 1.807) is 52.6 Å². The number of hydrogen-bond acceptors (Lipinski definition) is 7. The first-order valence-electron chi connectivity index (χ1n) is 9.19. The second kappa shape index (κ2) is 8.04. The normalized spacial score (nSPS) is 15.3. The minimum atomic E-state index is -0.910. The predicted molar refractivity (Wildman–Crippen MR) is 106 cm³/mol. The van der Waals surface area contributed by atoms with Crippen LogP contribution in [0, 0.1) is 0 Å². The van der Waals surface area contributed by atoms with Gasteiger partial charge in [-0.1, -0.05) is 0 Å². The molecule has 0 radical (unpaired) electrons. The van der Waals surface area contributed by atoms with Crippen molar-refractivity contribution in [3.8, 4) is 0 Å². The number of rotatable bonds is 4. The van der Waals surface area contributed by atoms with Crippen LogP contribution in [0.4, 0.5) is 0 Å². The molecule has 1 aliphatic rings. The van der Waals surface area contributed by atoms with E-state index in [2.05, 4.69) is 4.98 Å². The van der Waals surface area contributed by atoms with Gasteiger partial charge < -0.3 is 19.0 Å². The Kier molecular flexibility index (Phi) is 5.30. The maximum atomic E-state index is 12.7. The first-order valence-corrected chi connectivity index (χ1v) is 10.1. The van der Waals surface area contributed by atoms with E-state index in [1.807, 2.05) is 0 Å². The third kappa shape index (κ3) is 4.00. The van der Waals surface area contributed by atoms with Gasteiger partial charge >= 0.3 is 5.97 Å². The highest BCUT2D eigenvalue weighted by atomic mass is 32.1. The summed E-state index contributed by atoms with van der Waals surface area (Å²) >= 11 is 1.44. The minimum absolute atomic E-state index is 0.194. The number of esters is 1. The Morgan fingerprint density at radius 1 is 1.14 bits per heavy atom. The van der Waals surface area contributed by atoms with E-state index in [9.17, 15) is 14.4 Å². The maximum Gasteiger partial charge on any atom is 0.338 e. The number of furan rings is 1. The van der Waals surface area contributed by atoms with Crippen LogP contribution in [0.5, 0.6) is 0 Å². The van der Waals surface area contributed by atoms with Crippen molar-refractivity contribution >= 4 is 39.3 Å². The number of carbonyl (C=O) groups excluding carboxylic acids is 3. The Bertz CT molecular complexity index is 1040. The number of nitrogens with zero attached hydrogens (tertiary/aromatic N) is 3. The molecule has 3 heterocycles. The number of amides is 2.